The Morgan fingerprint density at radius 1 is 1.45 bits per heavy atom. The zero-order valence-corrected chi connectivity index (χ0v) is 11.5. The molecule has 1 amide bonds. The van der Waals surface area contributed by atoms with Gasteiger partial charge in [-0.3, -0.25) is 14.9 Å². The van der Waals surface area contributed by atoms with Gasteiger partial charge in [-0.2, -0.15) is 0 Å². The minimum atomic E-state index is -0.555. The van der Waals surface area contributed by atoms with Crippen molar-refractivity contribution in [1.82, 2.24) is 0 Å². The van der Waals surface area contributed by atoms with Gasteiger partial charge in [0.05, 0.1) is 10.6 Å². The second kappa shape index (κ2) is 6.09. The highest BCUT2D eigenvalue weighted by molar-refractivity contribution is 6.29. The number of hydrogen-bond acceptors (Lipinski definition) is 4. The highest BCUT2D eigenvalue weighted by Crippen LogP contribution is 2.36. The topological polar surface area (TPSA) is 83.7 Å². The third kappa shape index (κ3) is 2.85. The zero-order valence-electron chi connectivity index (χ0n) is 10.8. The fraction of sp³-hybridized carbons (Fsp3) is 0.462. The molecule has 1 fully saturated rings. The van der Waals surface area contributed by atoms with Crippen molar-refractivity contribution in [2.75, 3.05) is 10.8 Å². The predicted octanol–water partition coefficient (Wildman–Crippen LogP) is 2.81. The van der Waals surface area contributed by atoms with Crippen molar-refractivity contribution >= 4 is 28.9 Å². The molecule has 0 radical (unpaired) electrons. The summed E-state index contributed by atoms with van der Waals surface area (Å²) in [5.74, 6) is -0.728. The number of amides is 1. The van der Waals surface area contributed by atoms with Gasteiger partial charge in [0.2, 0.25) is 5.91 Å². The minimum Gasteiger partial charge on any atom is -0.506 e. The summed E-state index contributed by atoms with van der Waals surface area (Å²) in [4.78, 5) is 23.7. The van der Waals surface area contributed by atoms with Gasteiger partial charge in [0.1, 0.15) is 11.6 Å². The average molecular weight is 299 g/mol. The van der Waals surface area contributed by atoms with E-state index in [9.17, 15) is 20.0 Å². The van der Waals surface area contributed by atoms with E-state index in [-0.39, 0.29) is 35.0 Å². The molecule has 1 saturated carbocycles. The number of carbonyl (C=O) groups is 1. The van der Waals surface area contributed by atoms with Crippen molar-refractivity contribution in [3.05, 3.63) is 28.3 Å². The number of rotatable bonds is 4. The van der Waals surface area contributed by atoms with Crippen LogP contribution in [-0.2, 0) is 4.79 Å². The lowest BCUT2D eigenvalue weighted by Crippen LogP contribution is -2.39. The number of aromatic hydroxyl groups is 1. The van der Waals surface area contributed by atoms with Crippen LogP contribution in [0.25, 0.3) is 0 Å². The number of anilines is 1. The third-order valence-electron chi connectivity index (χ3n) is 3.50. The van der Waals surface area contributed by atoms with E-state index in [0.29, 0.717) is 0 Å². The number of hydrogen-bond donors (Lipinski definition) is 1. The molecule has 0 unspecified atom stereocenters. The molecule has 1 aromatic carbocycles. The van der Waals surface area contributed by atoms with Gasteiger partial charge >= 0.3 is 0 Å². The van der Waals surface area contributed by atoms with Crippen LogP contribution in [0.5, 0.6) is 5.75 Å². The molecule has 0 bridgehead atoms. The Morgan fingerprint density at radius 3 is 2.65 bits per heavy atom. The molecular weight excluding hydrogens is 284 g/mol. The van der Waals surface area contributed by atoms with Gasteiger partial charge in [0, 0.05) is 18.2 Å². The molecule has 108 valence electrons. The Hall–Kier alpha value is -1.82. The predicted molar refractivity (Wildman–Crippen MR) is 75.2 cm³/mol. The number of alkyl halides is 1. The lowest BCUT2D eigenvalue weighted by molar-refractivity contribution is -0.384. The fourth-order valence-electron chi connectivity index (χ4n) is 2.58. The van der Waals surface area contributed by atoms with E-state index in [0.717, 1.165) is 25.7 Å². The van der Waals surface area contributed by atoms with Gasteiger partial charge in [-0.05, 0) is 18.9 Å². The summed E-state index contributed by atoms with van der Waals surface area (Å²) in [6.45, 7) is 0. The molecule has 0 aliphatic heterocycles. The number of carbonyl (C=O) groups excluding carboxylic acids is 1. The van der Waals surface area contributed by atoms with Crippen LogP contribution in [-0.4, -0.2) is 27.9 Å². The van der Waals surface area contributed by atoms with Gasteiger partial charge in [0.15, 0.2) is 0 Å². The number of halogens is 1. The van der Waals surface area contributed by atoms with Gasteiger partial charge in [0.25, 0.3) is 5.69 Å². The van der Waals surface area contributed by atoms with Crippen molar-refractivity contribution in [3.8, 4) is 5.75 Å². The van der Waals surface area contributed by atoms with Crippen molar-refractivity contribution < 1.29 is 14.8 Å². The number of nitrogens with zero attached hydrogens (tertiary/aromatic N) is 2. The Labute approximate surface area is 121 Å². The summed E-state index contributed by atoms with van der Waals surface area (Å²) in [7, 11) is 0. The summed E-state index contributed by atoms with van der Waals surface area (Å²) in [5, 5.41) is 20.8. The van der Waals surface area contributed by atoms with E-state index in [1.165, 1.54) is 23.1 Å². The molecule has 6 nitrogen and oxygen atoms in total. The van der Waals surface area contributed by atoms with Crippen LogP contribution < -0.4 is 4.90 Å². The largest absolute Gasteiger partial charge is 0.506 e. The number of nitro benzene ring substituents is 1. The molecule has 1 aromatic rings. The first-order chi connectivity index (χ1) is 9.54. The SMILES string of the molecule is O=C(CCl)N(c1cc([N+](=O)[O-])ccc1O)C1CCCC1. The first-order valence-corrected chi connectivity index (χ1v) is 6.93. The summed E-state index contributed by atoms with van der Waals surface area (Å²) in [5.41, 5.74) is -0.0000746. The third-order valence-corrected chi connectivity index (χ3v) is 3.73. The molecule has 1 N–H and O–H groups in total. The lowest BCUT2D eigenvalue weighted by atomic mass is 10.1. The normalized spacial score (nSPS) is 15.2. The smallest absolute Gasteiger partial charge is 0.271 e. The second-order valence-electron chi connectivity index (χ2n) is 4.77. The van der Waals surface area contributed by atoms with Gasteiger partial charge < -0.3 is 10.0 Å². The highest BCUT2D eigenvalue weighted by atomic mass is 35.5. The Bertz CT molecular complexity index is 529. The average Bonchev–Trinajstić information content (AvgIpc) is 2.94. The summed E-state index contributed by atoms with van der Waals surface area (Å²) in [6.07, 6.45) is 3.61. The minimum absolute atomic E-state index is 0.0610. The summed E-state index contributed by atoms with van der Waals surface area (Å²) < 4.78 is 0. The molecule has 7 heteroatoms. The lowest BCUT2D eigenvalue weighted by Gasteiger charge is -2.28. The van der Waals surface area contributed by atoms with Crippen LogP contribution >= 0.6 is 11.6 Å². The summed E-state index contributed by atoms with van der Waals surface area (Å²) in [6, 6.07) is 3.60. The highest BCUT2D eigenvalue weighted by Gasteiger charge is 2.30. The molecule has 20 heavy (non-hydrogen) atoms. The Balaban J connectivity index is 2.44. The monoisotopic (exact) mass is 298 g/mol. The van der Waals surface area contributed by atoms with E-state index in [2.05, 4.69) is 0 Å². The van der Waals surface area contributed by atoms with Crippen molar-refractivity contribution in [1.29, 1.82) is 0 Å². The molecular formula is C13H15ClN2O4. The Morgan fingerprint density at radius 2 is 2.10 bits per heavy atom. The van der Waals surface area contributed by atoms with E-state index in [1.54, 1.807) is 0 Å². The standard InChI is InChI=1S/C13H15ClN2O4/c14-8-13(18)15(9-3-1-2-4-9)11-7-10(16(19)20)5-6-12(11)17/h5-7,9,17H,1-4,8H2. The van der Waals surface area contributed by atoms with Gasteiger partial charge in [-0.25, -0.2) is 0 Å². The molecule has 0 spiro atoms. The number of non-ortho nitro benzene ring substituents is 1. The molecule has 0 saturated heterocycles. The number of phenols is 1. The van der Waals surface area contributed by atoms with Gasteiger partial charge in [-0.1, -0.05) is 12.8 Å². The van der Waals surface area contributed by atoms with E-state index < -0.39 is 4.92 Å². The van der Waals surface area contributed by atoms with Crippen LogP contribution in [0.3, 0.4) is 0 Å². The van der Waals surface area contributed by atoms with Crippen molar-refractivity contribution in [3.63, 3.8) is 0 Å². The van der Waals surface area contributed by atoms with Crippen LogP contribution in [0, 0.1) is 10.1 Å². The maximum atomic E-state index is 12.0. The van der Waals surface area contributed by atoms with Crippen molar-refractivity contribution in [2.45, 2.75) is 31.7 Å². The maximum Gasteiger partial charge on any atom is 0.271 e. The number of phenolic OH excluding ortho intramolecular Hbond substituents is 1. The second-order valence-corrected chi connectivity index (χ2v) is 5.03. The molecule has 2 rings (SSSR count). The first-order valence-electron chi connectivity index (χ1n) is 6.40. The van der Waals surface area contributed by atoms with Crippen LogP contribution in [0.2, 0.25) is 0 Å². The summed E-state index contributed by atoms with van der Waals surface area (Å²) >= 11 is 5.62. The molecule has 0 aromatic heterocycles. The Kier molecular flexibility index (Phi) is 4.44. The van der Waals surface area contributed by atoms with Gasteiger partial charge in [-0.15, -0.1) is 11.6 Å². The molecule has 1 aliphatic carbocycles. The van der Waals surface area contributed by atoms with E-state index in [1.807, 2.05) is 0 Å². The molecule has 1 aliphatic rings. The van der Waals surface area contributed by atoms with E-state index in [4.69, 9.17) is 11.6 Å². The quantitative estimate of drug-likeness (QED) is 0.526. The number of benzene rings is 1. The first kappa shape index (κ1) is 14.6. The fourth-order valence-corrected chi connectivity index (χ4v) is 2.71. The van der Waals surface area contributed by atoms with E-state index >= 15 is 0 Å². The van der Waals surface area contributed by atoms with Crippen LogP contribution in [0.4, 0.5) is 11.4 Å². The maximum absolute atomic E-state index is 12.0. The van der Waals surface area contributed by atoms with Crippen molar-refractivity contribution in [2.24, 2.45) is 0 Å². The molecule has 0 heterocycles. The number of nitro groups is 1. The van der Waals surface area contributed by atoms with Crippen LogP contribution in [0.1, 0.15) is 25.7 Å². The van der Waals surface area contributed by atoms with Crippen LogP contribution in [0.15, 0.2) is 18.2 Å². The zero-order chi connectivity index (χ0) is 14.7. The molecule has 0 atom stereocenters.